The number of nitrogens with zero attached hydrogens (tertiary/aromatic N) is 3. The molecule has 0 aliphatic carbocycles. The first kappa shape index (κ1) is 12.1. The molecule has 0 aromatic carbocycles. The smallest absolute Gasteiger partial charge is 0.175 e. The molecule has 0 atom stereocenters. The van der Waals surface area contributed by atoms with Crippen molar-refractivity contribution < 1.29 is 4.52 Å². The zero-order chi connectivity index (χ0) is 13.6. The van der Waals surface area contributed by atoms with Crippen molar-refractivity contribution in [3.05, 3.63) is 28.1 Å². The third kappa shape index (κ3) is 2.08. The molecule has 0 amide bonds. The van der Waals surface area contributed by atoms with E-state index in [1.165, 1.54) is 10.4 Å². The number of hydrogen-bond donors (Lipinski definition) is 1. The Morgan fingerprint density at radius 1 is 1.16 bits per heavy atom. The van der Waals surface area contributed by atoms with E-state index in [0.717, 1.165) is 27.6 Å². The quantitative estimate of drug-likeness (QED) is 0.772. The van der Waals surface area contributed by atoms with E-state index in [4.69, 9.17) is 4.52 Å². The minimum absolute atomic E-state index is 0.667. The van der Waals surface area contributed by atoms with Gasteiger partial charge in [-0.2, -0.15) is 0 Å². The average Bonchev–Trinajstić information content (AvgIpc) is 2.84. The van der Waals surface area contributed by atoms with Crippen LogP contribution in [-0.2, 0) is 0 Å². The molecule has 3 aromatic rings. The molecule has 0 saturated heterocycles. The highest BCUT2D eigenvalue weighted by molar-refractivity contribution is 7.18. The Kier molecular flexibility index (Phi) is 2.74. The molecule has 0 unspecified atom stereocenters. The van der Waals surface area contributed by atoms with E-state index in [-0.39, 0.29) is 0 Å². The molecule has 19 heavy (non-hydrogen) atoms. The molecular weight excluding hydrogens is 260 g/mol. The molecule has 0 fully saturated rings. The van der Waals surface area contributed by atoms with Crippen LogP contribution in [0.3, 0.4) is 0 Å². The van der Waals surface area contributed by atoms with Crippen LogP contribution in [0.25, 0.3) is 10.2 Å². The van der Waals surface area contributed by atoms with Crippen molar-refractivity contribution in [2.24, 2.45) is 0 Å². The molecule has 0 aliphatic heterocycles. The summed E-state index contributed by atoms with van der Waals surface area (Å²) in [6.07, 6.45) is 0. The van der Waals surface area contributed by atoms with E-state index < -0.39 is 0 Å². The van der Waals surface area contributed by atoms with Crippen molar-refractivity contribution in [3.8, 4) is 0 Å². The van der Waals surface area contributed by atoms with Crippen LogP contribution in [0.1, 0.15) is 22.0 Å². The molecule has 0 saturated carbocycles. The minimum atomic E-state index is 0.667. The molecule has 3 aromatic heterocycles. The van der Waals surface area contributed by atoms with E-state index in [9.17, 15) is 0 Å². The Bertz CT molecular complexity index is 759. The summed E-state index contributed by atoms with van der Waals surface area (Å²) < 4.78 is 5.06. The Morgan fingerprint density at radius 2 is 1.95 bits per heavy atom. The van der Waals surface area contributed by atoms with Crippen molar-refractivity contribution >= 4 is 33.2 Å². The normalized spacial score (nSPS) is 11.2. The topological polar surface area (TPSA) is 63.8 Å². The Morgan fingerprint density at radius 3 is 2.63 bits per heavy atom. The second-order valence-corrected chi connectivity index (χ2v) is 5.73. The van der Waals surface area contributed by atoms with Crippen molar-refractivity contribution in [2.75, 3.05) is 5.32 Å². The maximum absolute atomic E-state index is 5.06. The maximum Gasteiger partial charge on any atom is 0.175 e. The summed E-state index contributed by atoms with van der Waals surface area (Å²) in [4.78, 5) is 11.2. The summed E-state index contributed by atoms with van der Waals surface area (Å²) in [5, 5.41) is 8.22. The number of fused-ring (bicyclic) bond motifs is 1. The number of thiophene rings is 1. The SMILES string of the molecule is Cc1nc(Nc2cc(C)on2)c2c(C)c(C)sc2n1. The number of hydrogen-bond acceptors (Lipinski definition) is 6. The van der Waals surface area contributed by atoms with Gasteiger partial charge >= 0.3 is 0 Å². The minimum Gasteiger partial charge on any atom is -0.360 e. The van der Waals surface area contributed by atoms with Crippen LogP contribution in [0.15, 0.2) is 10.6 Å². The zero-order valence-corrected chi connectivity index (χ0v) is 12.1. The first-order valence-electron chi connectivity index (χ1n) is 5.99. The van der Waals surface area contributed by atoms with E-state index in [1.807, 2.05) is 19.9 Å². The standard InChI is InChI=1S/C13H14N4OS/c1-6-5-10(17-18-6)16-12-11-7(2)8(3)19-13(11)15-9(4)14-12/h5H,1-4H3,(H,14,15,16,17). The Balaban J connectivity index is 2.16. The van der Waals surface area contributed by atoms with Crippen LogP contribution in [0, 0.1) is 27.7 Å². The van der Waals surface area contributed by atoms with Crippen molar-refractivity contribution in [1.29, 1.82) is 0 Å². The molecule has 3 heterocycles. The van der Waals surface area contributed by atoms with E-state index in [0.29, 0.717) is 5.82 Å². The van der Waals surface area contributed by atoms with Gasteiger partial charge in [0, 0.05) is 10.9 Å². The number of nitrogens with one attached hydrogen (secondary N) is 1. The van der Waals surface area contributed by atoms with Gasteiger partial charge in [0.2, 0.25) is 0 Å². The van der Waals surface area contributed by atoms with Gasteiger partial charge in [0.15, 0.2) is 5.82 Å². The van der Waals surface area contributed by atoms with Crippen LogP contribution in [0.5, 0.6) is 0 Å². The molecule has 0 spiro atoms. The summed E-state index contributed by atoms with van der Waals surface area (Å²) in [6, 6.07) is 1.85. The summed E-state index contributed by atoms with van der Waals surface area (Å²) in [6.45, 7) is 7.94. The van der Waals surface area contributed by atoms with E-state index in [1.54, 1.807) is 11.3 Å². The van der Waals surface area contributed by atoms with Crippen LogP contribution >= 0.6 is 11.3 Å². The summed E-state index contributed by atoms with van der Waals surface area (Å²) in [5.74, 6) is 2.97. The molecule has 98 valence electrons. The van der Waals surface area contributed by atoms with Crippen molar-refractivity contribution in [1.82, 2.24) is 15.1 Å². The number of aryl methyl sites for hydroxylation is 4. The van der Waals surface area contributed by atoms with Gasteiger partial charge in [-0.1, -0.05) is 5.16 Å². The predicted molar refractivity (Wildman–Crippen MR) is 76.1 cm³/mol. The highest BCUT2D eigenvalue weighted by Gasteiger charge is 2.14. The monoisotopic (exact) mass is 274 g/mol. The maximum atomic E-state index is 5.06. The van der Waals surface area contributed by atoms with Crippen LogP contribution in [0.4, 0.5) is 11.6 Å². The second-order valence-electron chi connectivity index (χ2n) is 4.53. The highest BCUT2D eigenvalue weighted by Crippen LogP contribution is 2.34. The highest BCUT2D eigenvalue weighted by atomic mass is 32.1. The summed E-state index contributed by atoms with van der Waals surface area (Å²) >= 11 is 1.69. The fraction of sp³-hybridized carbons (Fsp3) is 0.308. The van der Waals surface area contributed by atoms with Crippen LogP contribution in [-0.4, -0.2) is 15.1 Å². The number of aromatic nitrogens is 3. The van der Waals surface area contributed by atoms with Crippen molar-refractivity contribution in [2.45, 2.75) is 27.7 Å². The second kappa shape index (κ2) is 4.31. The zero-order valence-electron chi connectivity index (χ0n) is 11.2. The molecule has 3 rings (SSSR count). The van der Waals surface area contributed by atoms with Gasteiger partial charge in [0.05, 0.1) is 5.39 Å². The van der Waals surface area contributed by atoms with Gasteiger partial charge in [0.25, 0.3) is 0 Å². The molecule has 0 aliphatic rings. The van der Waals surface area contributed by atoms with Gasteiger partial charge in [-0.05, 0) is 33.3 Å². The van der Waals surface area contributed by atoms with Gasteiger partial charge in [-0.3, -0.25) is 0 Å². The summed E-state index contributed by atoms with van der Waals surface area (Å²) in [5.41, 5.74) is 1.21. The molecule has 6 heteroatoms. The third-order valence-electron chi connectivity index (χ3n) is 3.01. The van der Waals surface area contributed by atoms with Crippen molar-refractivity contribution in [3.63, 3.8) is 0 Å². The fourth-order valence-electron chi connectivity index (χ4n) is 1.99. The van der Waals surface area contributed by atoms with E-state index >= 15 is 0 Å². The Hall–Kier alpha value is -1.95. The summed E-state index contributed by atoms with van der Waals surface area (Å²) in [7, 11) is 0. The molecule has 1 N–H and O–H groups in total. The van der Waals surface area contributed by atoms with Crippen LogP contribution in [0.2, 0.25) is 0 Å². The third-order valence-corrected chi connectivity index (χ3v) is 4.12. The lowest BCUT2D eigenvalue weighted by Crippen LogP contribution is -1.98. The fourth-order valence-corrected chi connectivity index (χ4v) is 3.07. The lowest BCUT2D eigenvalue weighted by molar-refractivity contribution is 0.400. The lowest BCUT2D eigenvalue weighted by Gasteiger charge is -2.05. The van der Waals surface area contributed by atoms with Gasteiger partial charge in [-0.15, -0.1) is 11.3 Å². The molecule has 0 radical (unpaired) electrons. The first-order valence-corrected chi connectivity index (χ1v) is 6.81. The van der Waals surface area contributed by atoms with E-state index in [2.05, 4.69) is 34.3 Å². The predicted octanol–water partition coefficient (Wildman–Crippen LogP) is 3.66. The lowest BCUT2D eigenvalue weighted by atomic mass is 10.2. The van der Waals surface area contributed by atoms with Gasteiger partial charge in [-0.25, -0.2) is 9.97 Å². The molecular formula is C13H14N4OS. The first-order chi connectivity index (χ1) is 9.04. The Labute approximate surface area is 114 Å². The largest absolute Gasteiger partial charge is 0.360 e. The molecule has 5 nitrogen and oxygen atoms in total. The average molecular weight is 274 g/mol. The van der Waals surface area contributed by atoms with Crippen LogP contribution < -0.4 is 5.32 Å². The van der Waals surface area contributed by atoms with Gasteiger partial charge < -0.3 is 9.84 Å². The number of rotatable bonds is 2. The van der Waals surface area contributed by atoms with Gasteiger partial charge in [0.1, 0.15) is 22.2 Å². The number of anilines is 2. The molecule has 0 bridgehead atoms.